The Labute approximate surface area is 100 Å². The maximum atomic E-state index is 14.3. The second-order valence-electron chi connectivity index (χ2n) is 4.67. The number of aromatic nitrogens is 3. The molecule has 1 aliphatic carbocycles. The minimum absolute atomic E-state index is 0.0779. The highest BCUT2D eigenvalue weighted by Gasteiger charge is 2.45. The van der Waals surface area contributed by atoms with Crippen LogP contribution in [-0.2, 0) is 18.9 Å². The van der Waals surface area contributed by atoms with E-state index in [1.54, 1.807) is 4.68 Å². The predicted octanol–water partition coefficient (Wildman–Crippen LogP) is 3.14. The molecular formula is C12H19F2N3. The quantitative estimate of drug-likeness (QED) is 0.799. The Bertz CT molecular complexity index is 387. The Morgan fingerprint density at radius 1 is 1.35 bits per heavy atom. The predicted molar refractivity (Wildman–Crippen MR) is 60.9 cm³/mol. The third-order valence-electron chi connectivity index (χ3n) is 3.67. The summed E-state index contributed by atoms with van der Waals surface area (Å²) in [5, 5.41) is 7.59. The number of halogens is 2. The number of fused-ring (bicyclic) bond motifs is 1. The van der Waals surface area contributed by atoms with E-state index in [1.165, 1.54) is 0 Å². The first-order valence-corrected chi connectivity index (χ1v) is 6.41. The fourth-order valence-electron chi connectivity index (χ4n) is 2.61. The van der Waals surface area contributed by atoms with E-state index in [1.807, 2.05) is 13.8 Å². The fourth-order valence-corrected chi connectivity index (χ4v) is 2.61. The zero-order valence-electron chi connectivity index (χ0n) is 10.4. The van der Waals surface area contributed by atoms with Crippen molar-refractivity contribution in [1.82, 2.24) is 15.0 Å². The first kappa shape index (κ1) is 12.5. The number of hydrogen-bond donors (Lipinski definition) is 0. The second kappa shape index (κ2) is 4.70. The molecule has 1 aromatic heterocycles. The maximum absolute atomic E-state index is 14.3. The van der Waals surface area contributed by atoms with Gasteiger partial charge in [-0.25, -0.2) is 4.68 Å². The van der Waals surface area contributed by atoms with E-state index in [9.17, 15) is 8.78 Å². The van der Waals surface area contributed by atoms with Crippen molar-refractivity contribution in [3.63, 3.8) is 0 Å². The number of nitrogens with zero attached hydrogens (tertiary/aromatic N) is 3. The lowest BCUT2D eigenvalue weighted by molar-refractivity contribution is -0.0765. The summed E-state index contributed by atoms with van der Waals surface area (Å²) in [6.07, 6.45) is 3.56. The van der Waals surface area contributed by atoms with Gasteiger partial charge in [-0.3, -0.25) is 0 Å². The van der Waals surface area contributed by atoms with E-state index in [-0.39, 0.29) is 5.69 Å². The molecule has 0 aromatic carbocycles. The SMILES string of the molecule is CCC1CCCCc2c(nnn2CC)C1(F)F. The highest BCUT2D eigenvalue weighted by atomic mass is 19.3. The average Bonchev–Trinajstić information content (AvgIpc) is 2.70. The Morgan fingerprint density at radius 2 is 2.12 bits per heavy atom. The molecule has 0 fully saturated rings. The van der Waals surface area contributed by atoms with Crippen molar-refractivity contribution in [1.29, 1.82) is 0 Å². The normalized spacial score (nSPS) is 23.9. The molecule has 0 amide bonds. The molecule has 0 aliphatic heterocycles. The van der Waals surface area contributed by atoms with Gasteiger partial charge in [0.05, 0.1) is 5.69 Å². The monoisotopic (exact) mass is 243 g/mol. The summed E-state index contributed by atoms with van der Waals surface area (Å²) in [7, 11) is 0. The Balaban J connectivity index is 2.45. The third kappa shape index (κ3) is 2.07. The highest BCUT2D eigenvalue weighted by Crippen LogP contribution is 2.42. The summed E-state index contributed by atoms with van der Waals surface area (Å²) in [6.45, 7) is 4.34. The van der Waals surface area contributed by atoms with Crippen molar-refractivity contribution in [2.75, 3.05) is 0 Å². The summed E-state index contributed by atoms with van der Waals surface area (Å²) in [4.78, 5) is 0. The van der Waals surface area contributed by atoms with E-state index in [4.69, 9.17) is 0 Å². The van der Waals surface area contributed by atoms with Crippen LogP contribution < -0.4 is 0 Å². The van der Waals surface area contributed by atoms with Crippen LogP contribution in [0.25, 0.3) is 0 Å². The summed E-state index contributed by atoms with van der Waals surface area (Å²) < 4.78 is 30.3. The molecule has 1 heterocycles. The molecule has 3 nitrogen and oxygen atoms in total. The van der Waals surface area contributed by atoms with Crippen LogP contribution in [-0.4, -0.2) is 15.0 Å². The topological polar surface area (TPSA) is 30.7 Å². The van der Waals surface area contributed by atoms with Gasteiger partial charge >= 0.3 is 0 Å². The van der Waals surface area contributed by atoms with Gasteiger partial charge in [0.2, 0.25) is 0 Å². The van der Waals surface area contributed by atoms with Gasteiger partial charge in [0.15, 0.2) is 5.69 Å². The van der Waals surface area contributed by atoms with E-state index < -0.39 is 11.8 Å². The molecule has 0 radical (unpaired) electrons. The van der Waals surface area contributed by atoms with E-state index in [2.05, 4.69) is 10.3 Å². The van der Waals surface area contributed by atoms with Crippen LogP contribution in [0.3, 0.4) is 0 Å². The standard InChI is InChI=1S/C12H19F2N3/c1-3-9-7-5-6-8-10-11(12(9,13)14)15-16-17(10)4-2/h9H,3-8H2,1-2H3. The minimum Gasteiger partial charge on any atom is -0.249 e. The van der Waals surface area contributed by atoms with Gasteiger partial charge in [-0.05, 0) is 32.6 Å². The van der Waals surface area contributed by atoms with Gasteiger partial charge in [0, 0.05) is 12.5 Å². The van der Waals surface area contributed by atoms with Crippen LogP contribution in [0.15, 0.2) is 0 Å². The average molecular weight is 243 g/mol. The summed E-state index contributed by atoms with van der Waals surface area (Å²) in [6, 6.07) is 0. The summed E-state index contributed by atoms with van der Waals surface area (Å²) in [5.41, 5.74) is 0.557. The number of alkyl halides is 2. The lowest BCUT2D eigenvalue weighted by Gasteiger charge is -2.27. The fraction of sp³-hybridized carbons (Fsp3) is 0.833. The number of hydrogen-bond acceptors (Lipinski definition) is 2. The van der Waals surface area contributed by atoms with Gasteiger partial charge in [-0.1, -0.05) is 18.6 Å². The van der Waals surface area contributed by atoms with Crippen molar-refractivity contribution in [3.05, 3.63) is 11.4 Å². The van der Waals surface area contributed by atoms with Crippen molar-refractivity contribution < 1.29 is 8.78 Å². The van der Waals surface area contributed by atoms with Crippen LogP contribution in [0.1, 0.15) is 50.9 Å². The Morgan fingerprint density at radius 3 is 2.76 bits per heavy atom. The molecule has 1 aromatic rings. The molecule has 5 heteroatoms. The Hall–Kier alpha value is -1.00. The molecule has 0 saturated carbocycles. The van der Waals surface area contributed by atoms with Crippen molar-refractivity contribution in [2.45, 2.75) is 58.4 Å². The van der Waals surface area contributed by atoms with Crippen LogP contribution in [0.5, 0.6) is 0 Å². The zero-order valence-corrected chi connectivity index (χ0v) is 10.4. The summed E-state index contributed by atoms with van der Waals surface area (Å²) >= 11 is 0. The van der Waals surface area contributed by atoms with Gasteiger partial charge < -0.3 is 0 Å². The van der Waals surface area contributed by atoms with Crippen molar-refractivity contribution in [2.24, 2.45) is 5.92 Å². The van der Waals surface area contributed by atoms with Crippen molar-refractivity contribution in [3.8, 4) is 0 Å². The second-order valence-corrected chi connectivity index (χ2v) is 4.67. The smallest absolute Gasteiger partial charge is 0.249 e. The molecule has 0 bridgehead atoms. The molecule has 0 spiro atoms. The van der Waals surface area contributed by atoms with Crippen LogP contribution in [0.2, 0.25) is 0 Å². The molecule has 1 atom stereocenters. The highest BCUT2D eigenvalue weighted by molar-refractivity contribution is 5.18. The van der Waals surface area contributed by atoms with Gasteiger partial charge in [-0.2, -0.15) is 8.78 Å². The maximum Gasteiger partial charge on any atom is 0.296 e. The van der Waals surface area contributed by atoms with Gasteiger partial charge in [0.1, 0.15) is 0 Å². The summed E-state index contributed by atoms with van der Waals surface area (Å²) in [5.74, 6) is -3.42. The van der Waals surface area contributed by atoms with E-state index in [0.29, 0.717) is 31.5 Å². The number of aryl methyl sites for hydroxylation is 1. The Kier molecular flexibility index (Phi) is 3.45. The van der Waals surface area contributed by atoms with Gasteiger partial charge in [0.25, 0.3) is 5.92 Å². The molecule has 96 valence electrons. The first-order chi connectivity index (χ1) is 8.11. The van der Waals surface area contributed by atoms with Crippen LogP contribution in [0.4, 0.5) is 8.78 Å². The lowest BCUT2D eigenvalue weighted by Crippen LogP contribution is -2.29. The minimum atomic E-state index is -2.82. The lowest BCUT2D eigenvalue weighted by atomic mass is 9.86. The third-order valence-corrected chi connectivity index (χ3v) is 3.67. The van der Waals surface area contributed by atoms with Gasteiger partial charge in [-0.15, -0.1) is 5.10 Å². The molecule has 17 heavy (non-hydrogen) atoms. The largest absolute Gasteiger partial charge is 0.296 e. The molecular weight excluding hydrogens is 224 g/mol. The molecule has 0 N–H and O–H groups in total. The van der Waals surface area contributed by atoms with E-state index >= 15 is 0 Å². The van der Waals surface area contributed by atoms with Crippen LogP contribution in [0, 0.1) is 5.92 Å². The number of rotatable bonds is 2. The first-order valence-electron chi connectivity index (χ1n) is 6.41. The molecule has 0 saturated heterocycles. The zero-order chi connectivity index (χ0) is 12.5. The molecule has 1 aliphatic rings. The van der Waals surface area contributed by atoms with E-state index in [0.717, 1.165) is 12.8 Å². The molecule has 2 rings (SSSR count). The molecule has 1 unspecified atom stereocenters. The van der Waals surface area contributed by atoms with Crippen LogP contribution >= 0.6 is 0 Å². The van der Waals surface area contributed by atoms with Crippen molar-refractivity contribution >= 4 is 0 Å².